The van der Waals surface area contributed by atoms with Crippen LogP contribution in [0.25, 0.3) is 0 Å². The highest BCUT2D eigenvalue weighted by atomic mass is 32.2. The van der Waals surface area contributed by atoms with Crippen molar-refractivity contribution in [1.82, 2.24) is 10.2 Å². The predicted octanol–water partition coefficient (Wildman–Crippen LogP) is 3.21. The third-order valence-electron chi connectivity index (χ3n) is 3.65. The molecule has 0 spiro atoms. The molecule has 0 bridgehead atoms. The van der Waals surface area contributed by atoms with Gasteiger partial charge in [-0.05, 0) is 30.5 Å². The number of hydrogen-bond acceptors (Lipinski definition) is 8. The van der Waals surface area contributed by atoms with Crippen molar-refractivity contribution < 1.29 is 14.3 Å². The van der Waals surface area contributed by atoms with Crippen molar-refractivity contribution in [2.24, 2.45) is 0 Å². The van der Waals surface area contributed by atoms with Crippen molar-refractivity contribution in [3.63, 3.8) is 0 Å². The first-order valence-electron chi connectivity index (χ1n) is 7.73. The van der Waals surface area contributed by atoms with Crippen LogP contribution in [0.4, 0.5) is 5.13 Å². The molecule has 1 fully saturated rings. The summed E-state index contributed by atoms with van der Waals surface area (Å²) in [6.45, 7) is 1.65. The normalized spacial score (nSPS) is 17.0. The molecule has 1 aliphatic heterocycles. The number of ether oxygens (including phenoxy) is 2. The molecule has 1 unspecified atom stereocenters. The first-order valence-corrected chi connectivity index (χ1v) is 9.54. The van der Waals surface area contributed by atoms with E-state index in [4.69, 9.17) is 9.47 Å². The Balaban J connectivity index is 1.47. The fraction of sp³-hybridized carbons (Fsp3) is 0.438. The fourth-order valence-electron chi connectivity index (χ4n) is 2.35. The molecule has 3 rings (SSSR count). The summed E-state index contributed by atoms with van der Waals surface area (Å²) in [7, 11) is 1.38. The monoisotopic (exact) mass is 365 g/mol. The van der Waals surface area contributed by atoms with Crippen LogP contribution in [0.2, 0.25) is 0 Å². The first-order chi connectivity index (χ1) is 11.7. The van der Waals surface area contributed by atoms with E-state index in [-0.39, 0.29) is 5.97 Å². The van der Waals surface area contributed by atoms with E-state index in [2.05, 4.69) is 15.5 Å². The second kappa shape index (κ2) is 8.46. The summed E-state index contributed by atoms with van der Waals surface area (Å²) < 4.78 is 11.2. The maximum Gasteiger partial charge on any atom is 0.337 e. The molecule has 6 nitrogen and oxygen atoms in total. The van der Waals surface area contributed by atoms with Gasteiger partial charge >= 0.3 is 5.97 Å². The zero-order valence-electron chi connectivity index (χ0n) is 13.4. The number of aromatic nitrogens is 2. The van der Waals surface area contributed by atoms with Gasteiger partial charge in [0, 0.05) is 18.9 Å². The Bertz CT molecular complexity index is 669. The number of esters is 1. The summed E-state index contributed by atoms with van der Waals surface area (Å²) in [6.07, 6.45) is 2.53. The smallest absolute Gasteiger partial charge is 0.337 e. The first kappa shape index (κ1) is 17.2. The summed E-state index contributed by atoms with van der Waals surface area (Å²) in [5.41, 5.74) is 1.68. The van der Waals surface area contributed by atoms with E-state index in [0.29, 0.717) is 11.7 Å². The number of benzene rings is 1. The summed E-state index contributed by atoms with van der Waals surface area (Å²) in [4.78, 5) is 11.4. The summed E-state index contributed by atoms with van der Waals surface area (Å²) in [5.74, 6) is 0.460. The Morgan fingerprint density at radius 3 is 2.96 bits per heavy atom. The van der Waals surface area contributed by atoms with Gasteiger partial charge in [0.15, 0.2) is 4.34 Å². The van der Waals surface area contributed by atoms with Crippen LogP contribution in [-0.2, 0) is 15.2 Å². The number of rotatable bonds is 7. The lowest BCUT2D eigenvalue weighted by Crippen LogP contribution is -2.18. The van der Waals surface area contributed by atoms with Crippen LogP contribution in [0.1, 0.15) is 28.8 Å². The number of carbonyl (C=O) groups is 1. The number of thioether (sulfide) groups is 1. The van der Waals surface area contributed by atoms with Gasteiger partial charge in [0.05, 0.1) is 18.8 Å². The Morgan fingerprint density at radius 2 is 2.25 bits per heavy atom. The molecule has 1 saturated heterocycles. The van der Waals surface area contributed by atoms with Crippen LogP contribution >= 0.6 is 23.1 Å². The van der Waals surface area contributed by atoms with E-state index in [1.807, 2.05) is 12.1 Å². The lowest BCUT2D eigenvalue weighted by atomic mass is 10.1. The highest BCUT2D eigenvalue weighted by Crippen LogP contribution is 2.28. The molecule has 2 aromatic rings. The Labute approximate surface area is 149 Å². The molecule has 1 N–H and O–H groups in total. The quantitative estimate of drug-likeness (QED) is 0.596. The third-order valence-corrected chi connectivity index (χ3v) is 5.73. The molecule has 8 heteroatoms. The van der Waals surface area contributed by atoms with Crippen molar-refractivity contribution in [3.05, 3.63) is 35.4 Å². The highest BCUT2D eigenvalue weighted by molar-refractivity contribution is 8.00. The van der Waals surface area contributed by atoms with Crippen LogP contribution in [0, 0.1) is 0 Å². The Kier molecular flexibility index (Phi) is 6.06. The van der Waals surface area contributed by atoms with Gasteiger partial charge in [-0.3, -0.25) is 0 Å². The summed E-state index contributed by atoms with van der Waals surface area (Å²) in [6, 6.07) is 7.40. The lowest BCUT2D eigenvalue weighted by molar-refractivity contribution is 0.0600. The molecule has 0 saturated carbocycles. The van der Waals surface area contributed by atoms with Gasteiger partial charge in [0.1, 0.15) is 0 Å². The summed E-state index contributed by atoms with van der Waals surface area (Å²) >= 11 is 3.18. The molecule has 1 atom stereocenters. The number of nitrogens with zero attached hydrogens (tertiary/aromatic N) is 2. The number of nitrogens with one attached hydrogen (secondary N) is 1. The molecule has 0 amide bonds. The number of carbonyl (C=O) groups excluding carboxylic acids is 1. The van der Waals surface area contributed by atoms with Crippen LogP contribution in [-0.4, -0.2) is 42.5 Å². The van der Waals surface area contributed by atoms with E-state index >= 15 is 0 Å². The van der Waals surface area contributed by atoms with E-state index in [0.717, 1.165) is 46.8 Å². The molecule has 0 aliphatic carbocycles. The predicted molar refractivity (Wildman–Crippen MR) is 94.7 cm³/mol. The molecular formula is C16H19N3O3S2. The van der Waals surface area contributed by atoms with Crippen molar-refractivity contribution in [2.45, 2.75) is 29.0 Å². The van der Waals surface area contributed by atoms with Crippen LogP contribution in [0.5, 0.6) is 0 Å². The van der Waals surface area contributed by atoms with Gasteiger partial charge in [-0.1, -0.05) is 35.2 Å². The SMILES string of the molecule is COC(=O)c1ccc(CSc2nnc(NCC3CCCO3)s2)cc1. The largest absolute Gasteiger partial charge is 0.465 e. The molecule has 24 heavy (non-hydrogen) atoms. The average Bonchev–Trinajstić information content (AvgIpc) is 3.29. The van der Waals surface area contributed by atoms with Gasteiger partial charge in [-0.25, -0.2) is 4.79 Å². The van der Waals surface area contributed by atoms with Crippen LogP contribution < -0.4 is 5.32 Å². The number of methoxy groups -OCH3 is 1. The second-order valence-electron chi connectivity index (χ2n) is 5.37. The van der Waals surface area contributed by atoms with Crippen LogP contribution in [0.15, 0.2) is 28.6 Å². The minimum Gasteiger partial charge on any atom is -0.465 e. The topological polar surface area (TPSA) is 73.3 Å². The van der Waals surface area contributed by atoms with E-state index in [1.165, 1.54) is 7.11 Å². The van der Waals surface area contributed by atoms with E-state index in [9.17, 15) is 4.79 Å². The van der Waals surface area contributed by atoms with Crippen molar-refractivity contribution in [2.75, 3.05) is 25.6 Å². The van der Waals surface area contributed by atoms with Gasteiger partial charge in [0.25, 0.3) is 0 Å². The molecule has 1 aromatic heterocycles. The maximum absolute atomic E-state index is 11.4. The average molecular weight is 365 g/mol. The summed E-state index contributed by atoms with van der Waals surface area (Å²) in [5, 5.41) is 12.5. The Morgan fingerprint density at radius 1 is 1.42 bits per heavy atom. The van der Waals surface area contributed by atoms with Gasteiger partial charge in [-0.15, -0.1) is 10.2 Å². The van der Waals surface area contributed by atoms with Crippen molar-refractivity contribution in [3.8, 4) is 0 Å². The van der Waals surface area contributed by atoms with Gasteiger partial charge < -0.3 is 14.8 Å². The molecular weight excluding hydrogens is 346 g/mol. The van der Waals surface area contributed by atoms with Crippen molar-refractivity contribution >= 4 is 34.2 Å². The fourth-order valence-corrected chi connectivity index (χ4v) is 4.06. The van der Waals surface area contributed by atoms with Gasteiger partial charge in [0.2, 0.25) is 5.13 Å². The van der Waals surface area contributed by atoms with Crippen molar-refractivity contribution in [1.29, 1.82) is 0 Å². The second-order valence-corrected chi connectivity index (χ2v) is 7.57. The van der Waals surface area contributed by atoms with Gasteiger partial charge in [-0.2, -0.15) is 0 Å². The molecule has 1 aromatic carbocycles. The molecule has 0 radical (unpaired) electrons. The minimum absolute atomic E-state index is 0.290. The lowest BCUT2D eigenvalue weighted by Gasteiger charge is -2.08. The molecule has 128 valence electrons. The highest BCUT2D eigenvalue weighted by Gasteiger charge is 2.15. The maximum atomic E-state index is 11.4. The molecule has 1 aliphatic rings. The van der Waals surface area contributed by atoms with E-state index in [1.54, 1.807) is 35.2 Å². The number of hydrogen-bond donors (Lipinski definition) is 1. The number of anilines is 1. The zero-order chi connectivity index (χ0) is 16.8. The minimum atomic E-state index is -0.319. The standard InChI is InChI=1S/C16H19N3O3S2/c1-21-14(20)12-6-4-11(5-7-12)10-23-16-19-18-15(24-16)17-9-13-3-2-8-22-13/h4-7,13H,2-3,8-10H2,1H3,(H,17,18). The Hall–Kier alpha value is -1.64. The molecule has 2 heterocycles. The third kappa shape index (κ3) is 4.68. The zero-order valence-corrected chi connectivity index (χ0v) is 15.0. The van der Waals surface area contributed by atoms with E-state index < -0.39 is 0 Å². The van der Waals surface area contributed by atoms with Crippen LogP contribution in [0.3, 0.4) is 0 Å².